The molecule has 0 saturated carbocycles. The minimum absolute atomic E-state index is 0. The van der Waals surface area contributed by atoms with Crippen molar-refractivity contribution >= 4 is 57.2 Å². The molecule has 0 spiro atoms. The van der Waals surface area contributed by atoms with Crippen molar-refractivity contribution in [3.63, 3.8) is 0 Å². The van der Waals surface area contributed by atoms with Crippen molar-refractivity contribution in [2.45, 2.75) is 19.4 Å². The summed E-state index contributed by atoms with van der Waals surface area (Å²) in [7, 11) is -1.52. The molecule has 1 aliphatic heterocycles. The van der Waals surface area contributed by atoms with E-state index in [2.05, 4.69) is 30.9 Å². The van der Waals surface area contributed by atoms with E-state index in [1.54, 1.807) is 7.05 Å². The molecular weight excluding hydrogens is 501 g/mol. The molecule has 7 nitrogen and oxygen atoms in total. The number of benzene rings is 1. The molecule has 0 atom stereocenters. The summed E-state index contributed by atoms with van der Waals surface area (Å²) < 4.78 is 25.6. The van der Waals surface area contributed by atoms with Crippen LogP contribution in [0.15, 0.2) is 29.3 Å². The molecule has 2 N–H and O–H groups in total. The average molecular weight is 530 g/mol. The highest BCUT2D eigenvalue weighted by molar-refractivity contribution is 14.0. The van der Waals surface area contributed by atoms with Crippen molar-refractivity contribution in [1.82, 2.24) is 14.9 Å². The second-order valence-corrected chi connectivity index (χ2v) is 9.30. The molecule has 1 aromatic rings. The van der Waals surface area contributed by atoms with Crippen molar-refractivity contribution in [2.24, 2.45) is 4.99 Å². The van der Waals surface area contributed by atoms with Gasteiger partial charge in [0.15, 0.2) is 5.96 Å². The van der Waals surface area contributed by atoms with Gasteiger partial charge in [-0.3, -0.25) is 4.99 Å². The molecule has 0 radical (unpaired) electrons. The van der Waals surface area contributed by atoms with Gasteiger partial charge in [-0.2, -0.15) is 0 Å². The van der Waals surface area contributed by atoms with Gasteiger partial charge < -0.3 is 15.1 Å². The van der Waals surface area contributed by atoms with E-state index in [1.807, 2.05) is 32.0 Å². The van der Waals surface area contributed by atoms with E-state index in [1.165, 1.54) is 6.26 Å². The number of halogens is 2. The van der Waals surface area contributed by atoms with E-state index in [-0.39, 0.29) is 24.0 Å². The Morgan fingerprint density at radius 1 is 1.26 bits per heavy atom. The van der Waals surface area contributed by atoms with E-state index in [0.717, 1.165) is 42.8 Å². The second-order valence-electron chi connectivity index (χ2n) is 7.11. The van der Waals surface area contributed by atoms with Crippen molar-refractivity contribution in [1.29, 1.82) is 0 Å². The Hall–Kier alpha value is -0.780. The normalized spacial score (nSPS) is 16.1. The maximum absolute atomic E-state index is 11.5. The Bertz CT molecular complexity index is 749. The van der Waals surface area contributed by atoms with Crippen LogP contribution in [0.3, 0.4) is 0 Å². The number of sulfonamides is 1. The number of hydrogen-bond donors (Lipinski definition) is 2. The summed E-state index contributed by atoms with van der Waals surface area (Å²) in [5.74, 6) is 0.777. The van der Waals surface area contributed by atoms with Gasteiger partial charge in [-0.1, -0.05) is 17.7 Å². The van der Waals surface area contributed by atoms with Gasteiger partial charge in [-0.25, -0.2) is 13.1 Å². The largest absolute Gasteiger partial charge is 0.368 e. The smallest absolute Gasteiger partial charge is 0.209 e. The van der Waals surface area contributed by atoms with E-state index < -0.39 is 15.6 Å². The van der Waals surface area contributed by atoms with Gasteiger partial charge in [0.2, 0.25) is 10.0 Å². The van der Waals surface area contributed by atoms with Crippen LogP contribution >= 0.6 is 35.6 Å². The fourth-order valence-corrected chi connectivity index (χ4v) is 4.28. The van der Waals surface area contributed by atoms with Crippen LogP contribution in [0.5, 0.6) is 0 Å². The van der Waals surface area contributed by atoms with E-state index in [0.29, 0.717) is 6.54 Å². The number of hydrogen-bond acceptors (Lipinski definition) is 4. The molecule has 1 saturated heterocycles. The Morgan fingerprint density at radius 2 is 1.89 bits per heavy atom. The van der Waals surface area contributed by atoms with Crippen molar-refractivity contribution in [3.05, 3.63) is 29.3 Å². The molecule has 27 heavy (non-hydrogen) atoms. The van der Waals surface area contributed by atoms with Gasteiger partial charge in [0, 0.05) is 56.0 Å². The zero-order chi connectivity index (χ0) is 19.4. The number of nitrogens with zero attached hydrogens (tertiary/aromatic N) is 3. The van der Waals surface area contributed by atoms with Gasteiger partial charge in [0.25, 0.3) is 0 Å². The maximum Gasteiger partial charge on any atom is 0.209 e. The summed E-state index contributed by atoms with van der Waals surface area (Å²) in [6, 6.07) is 7.87. The lowest BCUT2D eigenvalue weighted by Crippen LogP contribution is -2.56. The first-order valence-corrected chi connectivity index (χ1v) is 10.8. The first kappa shape index (κ1) is 24.3. The molecule has 0 amide bonds. The van der Waals surface area contributed by atoms with Crippen LogP contribution in [0.4, 0.5) is 5.69 Å². The molecule has 1 fully saturated rings. The lowest BCUT2D eigenvalue weighted by atomic mass is 10.1. The van der Waals surface area contributed by atoms with Crippen LogP contribution in [-0.2, 0) is 10.0 Å². The zero-order valence-electron chi connectivity index (χ0n) is 16.2. The number of piperazine rings is 1. The van der Waals surface area contributed by atoms with Crippen molar-refractivity contribution < 1.29 is 8.42 Å². The average Bonchev–Trinajstić information content (AvgIpc) is 2.53. The van der Waals surface area contributed by atoms with Crippen molar-refractivity contribution in [3.8, 4) is 0 Å². The number of nitrogens with one attached hydrogen (secondary N) is 2. The summed E-state index contributed by atoms with van der Waals surface area (Å²) in [5, 5.41) is 4.01. The molecule has 0 aromatic heterocycles. The third kappa shape index (κ3) is 8.00. The van der Waals surface area contributed by atoms with Crippen LogP contribution in [0, 0.1) is 0 Å². The monoisotopic (exact) mass is 529 g/mol. The predicted octanol–water partition coefficient (Wildman–Crippen LogP) is 1.98. The summed E-state index contributed by atoms with van der Waals surface area (Å²) in [5.41, 5.74) is 0.519. The van der Waals surface area contributed by atoms with Gasteiger partial charge in [0.05, 0.1) is 6.26 Å². The molecular formula is C17H29ClIN5O2S. The molecule has 0 bridgehead atoms. The fourth-order valence-electron chi connectivity index (χ4n) is 3.02. The lowest BCUT2D eigenvalue weighted by molar-refractivity contribution is 0.363. The Morgan fingerprint density at radius 3 is 2.41 bits per heavy atom. The number of anilines is 1. The standard InChI is InChI=1S/C17H28ClN5O2S.HI/c1-17(2,21-26(4,24)25)13-20-16(19-3)23-10-8-22(9-11-23)15-7-5-6-14(18)12-15;/h5-7,12,21H,8-11,13H2,1-4H3,(H,19,20);1H. The van der Waals surface area contributed by atoms with Crippen molar-refractivity contribution in [2.75, 3.05) is 50.9 Å². The zero-order valence-corrected chi connectivity index (χ0v) is 20.1. The molecule has 0 aliphatic carbocycles. The first-order chi connectivity index (χ1) is 12.1. The Kier molecular flexibility index (Phi) is 9.10. The minimum Gasteiger partial charge on any atom is -0.368 e. The third-order valence-electron chi connectivity index (χ3n) is 4.11. The Labute approximate surface area is 184 Å². The predicted molar refractivity (Wildman–Crippen MR) is 124 cm³/mol. The van der Waals surface area contributed by atoms with Crippen LogP contribution < -0.4 is 14.9 Å². The van der Waals surface area contributed by atoms with E-state index in [9.17, 15) is 8.42 Å². The quantitative estimate of drug-likeness (QED) is 0.347. The molecule has 1 heterocycles. The second kappa shape index (κ2) is 10.1. The molecule has 10 heteroatoms. The lowest BCUT2D eigenvalue weighted by Gasteiger charge is -2.38. The topological polar surface area (TPSA) is 77.0 Å². The van der Waals surface area contributed by atoms with Gasteiger partial charge in [0.1, 0.15) is 0 Å². The molecule has 2 rings (SSSR count). The highest BCUT2D eigenvalue weighted by atomic mass is 127. The highest BCUT2D eigenvalue weighted by Gasteiger charge is 2.25. The molecule has 1 aliphatic rings. The van der Waals surface area contributed by atoms with E-state index in [4.69, 9.17) is 11.6 Å². The molecule has 1 aromatic carbocycles. The number of rotatable bonds is 5. The maximum atomic E-state index is 11.5. The fraction of sp³-hybridized carbons (Fsp3) is 0.588. The molecule has 154 valence electrons. The molecule has 0 unspecified atom stereocenters. The highest BCUT2D eigenvalue weighted by Crippen LogP contribution is 2.20. The summed E-state index contributed by atoms with van der Waals surface area (Å²) in [6.45, 7) is 7.51. The minimum atomic E-state index is -3.26. The number of aliphatic imine (C=N–C) groups is 1. The van der Waals surface area contributed by atoms with Gasteiger partial charge in [-0.05, 0) is 32.0 Å². The summed E-state index contributed by atoms with van der Waals surface area (Å²) in [4.78, 5) is 8.81. The van der Waals surface area contributed by atoms with Gasteiger partial charge >= 0.3 is 0 Å². The Balaban J connectivity index is 0.00000364. The first-order valence-electron chi connectivity index (χ1n) is 8.55. The third-order valence-corrected chi connectivity index (χ3v) is 5.27. The van der Waals surface area contributed by atoms with Crippen LogP contribution in [0.1, 0.15) is 13.8 Å². The number of guanidine groups is 1. The summed E-state index contributed by atoms with van der Waals surface area (Å²) >= 11 is 6.08. The SMILES string of the molecule is CN=C(NCC(C)(C)NS(C)(=O)=O)N1CCN(c2cccc(Cl)c2)CC1.I. The van der Waals surface area contributed by atoms with Crippen LogP contribution in [0.2, 0.25) is 5.02 Å². The van der Waals surface area contributed by atoms with Crippen LogP contribution in [0.25, 0.3) is 0 Å². The van der Waals surface area contributed by atoms with Crippen LogP contribution in [-0.4, -0.2) is 70.8 Å². The van der Waals surface area contributed by atoms with Gasteiger partial charge in [-0.15, -0.1) is 24.0 Å². The van der Waals surface area contributed by atoms with E-state index >= 15 is 0 Å². The summed E-state index contributed by atoms with van der Waals surface area (Å²) in [6.07, 6.45) is 1.17.